The van der Waals surface area contributed by atoms with Crippen LogP contribution in [0.1, 0.15) is 10.6 Å². The van der Waals surface area contributed by atoms with E-state index in [0.29, 0.717) is 28.7 Å². The SMILES string of the molecule is COc1ccc(-c2csc(/C(C#N)=C(\O)CN3CCN(Cc4ccc5c(c4)OCO5)CC3)n2)cc1OC. The average molecular weight is 521 g/mol. The number of piperazine rings is 1. The van der Waals surface area contributed by atoms with E-state index in [1.165, 1.54) is 16.9 Å². The first kappa shape index (κ1) is 24.9. The average Bonchev–Trinajstić information content (AvgIpc) is 3.60. The van der Waals surface area contributed by atoms with Gasteiger partial charge in [-0.3, -0.25) is 9.80 Å². The fraction of sp³-hybridized carbons (Fsp3) is 0.333. The van der Waals surface area contributed by atoms with Gasteiger partial charge in [0.2, 0.25) is 6.79 Å². The summed E-state index contributed by atoms with van der Waals surface area (Å²) in [5.74, 6) is 2.87. The van der Waals surface area contributed by atoms with E-state index in [4.69, 9.17) is 18.9 Å². The van der Waals surface area contributed by atoms with E-state index in [2.05, 4.69) is 26.9 Å². The molecular weight excluding hydrogens is 492 g/mol. The van der Waals surface area contributed by atoms with Gasteiger partial charge in [-0.25, -0.2) is 4.98 Å². The first-order valence-corrected chi connectivity index (χ1v) is 12.8. The Morgan fingerprint density at radius 1 is 1.03 bits per heavy atom. The molecular formula is C27H28N4O5S. The second-order valence-electron chi connectivity index (χ2n) is 8.78. The maximum absolute atomic E-state index is 10.8. The standard InChI is InChI=1S/C27H28N4O5S/c1-33-23-6-4-19(12-25(23)34-2)21-16-37-27(29-21)20(13-28)22(32)15-31-9-7-30(8-10-31)14-18-3-5-24-26(11-18)36-17-35-24/h3-6,11-12,16,32H,7-10,14-15,17H2,1-2H3/b22-20-. The van der Waals surface area contributed by atoms with Crippen molar-refractivity contribution in [3.8, 4) is 40.3 Å². The Morgan fingerprint density at radius 2 is 1.78 bits per heavy atom. The van der Waals surface area contributed by atoms with E-state index in [1.807, 2.05) is 35.7 Å². The maximum Gasteiger partial charge on any atom is 0.231 e. The van der Waals surface area contributed by atoms with Gasteiger partial charge in [0.15, 0.2) is 23.0 Å². The lowest BCUT2D eigenvalue weighted by molar-refractivity contribution is 0.125. The number of hydrogen-bond donors (Lipinski definition) is 1. The molecule has 1 N–H and O–H groups in total. The van der Waals surface area contributed by atoms with Crippen molar-refractivity contribution in [2.24, 2.45) is 0 Å². The van der Waals surface area contributed by atoms with Crippen molar-refractivity contribution < 1.29 is 24.1 Å². The normalized spacial score (nSPS) is 16.2. The molecule has 0 spiro atoms. The fourth-order valence-corrected chi connectivity index (χ4v) is 5.29. The number of allylic oxidation sites excluding steroid dienone is 1. The number of aromatic nitrogens is 1. The molecule has 1 fully saturated rings. The third kappa shape index (κ3) is 5.49. The van der Waals surface area contributed by atoms with Gasteiger partial charge in [0.1, 0.15) is 22.4 Å². The van der Waals surface area contributed by atoms with E-state index in [0.717, 1.165) is 49.8 Å². The van der Waals surface area contributed by atoms with E-state index < -0.39 is 0 Å². The van der Waals surface area contributed by atoms with Gasteiger partial charge < -0.3 is 24.1 Å². The number of methoxy groups -OCH3 is 2. The minimum Gasteiger partial charge on any atom is -0.509 e. The highest BCUT2D eigenvalue weighted by Crippen LogP contribution is 2.35. The van der Waals surface area contributed by atoms with Crippen molar-refractivity contribution in [1.82, 2.24) is 14.8 Å². The Kier molecular flexibility index (Phi) is 7.46. The number of ether oxygens (including phenoxy) is 4. The van der Waals surface area contributed by atoms with Gasteiger partial charge >= 0.3 is 0 Å². The molecule has 9 nitrogen and oxygen atoms in total. The van der Waals surface area contributed by atoms with Crippen LogP contribution in [0.2, 0.25) is 0 Å². The number of thiazole rings is 1. The molecule has 0 unspecified atom stereocenters. The summed E-state index contributed by atoms with van der Waals surface area (Å²) in [6.45, 7) is 4.73. The van der Waals surface area contributed by atoms with Gasteiger partial charge in [-0.15, -0.1) is 11.3 Å². The van der Waals surface area contributed by atoms with Crippen molar-refractivity contribution in [2.45, 2.75) is 6.54 Å². The Morgan fingerprint density at radius 3 is 2.54 bits per heavy atom. The van der Waals surface area contributed by atoms with Crippen LogP contribution in [-0.4, -0.2) is 73.6 Å². The number of nitrogens with zero attached hydrogens (tertiary/aromatic N) is 4. The molecule has 2 aliphatic rings. The van der Waals surface area contributed by atoms with E-state index in [9.17, 15) is 10.4 Å². The molecule has 37 heavy (non-hydrogen) atoms. The second-order valence-corrected chi connectivity index (χ2v) is 9.64. The smallest absolute Gasteiger partial charge is 0.231 e. The molecule has 192 valence electrons. The maximum atomic E-state index is 10.8. The molecule has 3 aromatic rings. The zero-order valence-electron chi connectivity index (χ0n) is 20.8. The van der Waals surface area contributed by atoms with Crippen molar-refractivity contribution in [2.75, 3.05) is 53.7 Å². The molecule has 0 radical (unpaired) electrons. The minimum atomic E-state index is 0.0416. The minimum absolute atomic E-state index is 0.0416. The Balaban J connectivity index is 1.21. The van der Waals surface area contributed by atoms with Gasteiger partial charge in [0.25, 0.3) is 0 Å². The third-order valence-corrected chi connectivity index (χ3v) is 7.34. The van der Waals surface area contributed by atoms with Crippen LogP contribution in [0.15, 0.2) is 47.5 Å². The summed E-state index contributed by atoms with van der Waals surface area (Å²) in [6, 6.07) is 13.8. The van der Waals surface area contributed by atoms with Gasteiger partial charge in [-0.2, -0.15) is 5.26 Å². The second kappa shape index (κ2) is 11.1. The quantitative estimate of drug-likeness (QED) is 0.346. The van der Waals surface area contributed by atoms with Crippen LogP contribution in [0.5, 0.6) is 23.0 Å². The predicted molar refractivity (Wildman–Crippen MR) is 140 cm³/mol. The summed E-state index contributed by atoms with van der Waals surface area (Å²) >= 11 is 1.33. The number of aliphatic hydroxyl groups excluding tert-OH is 1. The monoisotopic (exact) mass is 520 g/mol. The first-order chi connectivity index (χ1) is 18.1. The van der Waals surface area contributed by atoms with Gasteiger partial charge in [0.05, 0.1) is 26.5 Å². The molecule has 1 aromatic heterocycles. The topological polar surface area (TPSA) is 100 Å². The first-order valence-electron chi connectivity index (χ1n) is 11.9. The lowest BCUT2D eigenvalue weighted by atomic mass is 10.1. The van der Waals surface area contributed by atoms with Crippen LogP contribution < -0.4 is 18.9 Å². The predicted octanol–water partition coefficient (Wildman–Crippen LogP) is 4.17. The van der Waals surface area contributed by atoms with E-state index >= 15 is 0 Å². The van der Waals surface area contributed by atoms with Crippen LogP contribution in [0.25, 0.3) is 16.8 Å². The number of fused-ring (bicyclic) bond motifs is 1. The number of rotatable bonds is 8. The van der Waals surface area contributed by atoms with Crippen LogP contribution in [0, 0.1) is 11.3 Å². The van der Waals surface area contributed by atoms with E-state index in [1.54, 1.807) is 14.2 Å². The summed E-state index contributed by atoms with van der Waals surface area (Å²) in [5.41, 5.74) is 2.94. The number of benzene rings is 2. The number of nitriles is 1. The van der Waals surface area contributed by atoms with Crippen LogP contribution in [0.4, 0.5) is 0 Å². The molecule has 0 aliphatic carbocycles. The molecule has 3 heterocycles. The highest BCUT2D eigenvalue weighted by atomic mass is 32.1. The molecule has 2 aromatic carbocycles. The van der Waals surface area contributed by atoms with Crippen LogP contribution >= 0.6 is 11.3 Å². The lowest BCUT2D eigenvalue weighted by Crippen LogP contribution is -2.46. The molecule has 0 atom stereocenters. The largest absolute Gasteiger partial charge is 0.509 e. The molecule has 0 amide bonds. The molecule has 0 bridgehead atoms. The zero-order chi connectivity index (χ0) is 25.8. The highest BCUT2D eigenvalue weighted by molar-refractivity contribution is 7.11. The molecule has 2 aliphatic heterocycles. The van der Waals surface area contributed by atoms with Crippen LogP contribution in [0.3, 0.4) is 0 Å². The van der Waals surface area contributed by atoms with Crippen molar-refractivity contribution in [3.05, 3.63) is 58.1 Å². The number of hydrogen-bond acceptors (Lipinski definition) is 10. The Hall–Kier alpha value is -3.78. The summed E-state index contributed by atoms with van der Waals surface area (Å²) < 4.78 is 21.6. The molecule has 0 saturated carbocycles. The summed E-state index contributed by atoms with van der Waals surface area (Å²) in [7, 11) is 3.17. The van der Waals surface area contributed by atoms with E-state index in [-0.39, 0.29) is 18.1 Å². The van der Waals surface area contributed by atoms with Crippen molar-refractivity contribution in [1.29, 1.82) is 5.26 Å². The fourth-order valence-electron chi connectivity index (χ4n) is 4.45. The third-order valence-electron chi connectivity index (χ3n) is 6.48. The van der Waals surface area contributed by atoms with Gasteiger partial charge in [0, 0.05) is 43.7 Å². The van der Waals surface area contributed by atoms with Gasteiger partial charge in [-0.1, -0.05) is 6.07 Å². The highest BCUT2D eigenvalue weighted by Gasteiger charge is 2.22. The van der Waals surface area contributed by atoms with Gasteiger partial charge in [-0.05, 0) is 35.9 Å². The van der Waals surface area contributed by atoms with Crippen molar-refractivity contribution >= 4 is 16.9 Å². The lowest BCUT2D eigenvalue weighted by Gasteiger charge is -2.34. The molecule has 10 heteroatoms. The molecule has 1 saturated heterocycles. The summed E-state index contributed by atoms with van der Waals surface area (Å²) in [6.07, 6.45) is 0. The summed E-state index contributed by atoms with van der Waals surface area (Å²) in [4.78, 5) is 9.15. The number of aliphatic hydroxyl groups is 1. The Labute approximate surface area is 219 Å². The van der Waals surface area contributed by atoms with Crippen molar-refractivity contribution in [3.63, 3.8) is 0 Å². The molecule has 5 rings (SSSR count). The zero-order valence-corrected chi connectivity index (χ0v) is 21.6. The summed E-state index contributed by atoms with van der Waals surface area (Å²) in [5, 5.41) is 23.0. The Bertz CT molecular complexity index is 1340. The van der Waals surface area contributed by atoms with Crippen LogP contribution in [-0.2, 0) is 6.54 Å².